The summed E-state index contributed by atoms with van der Waals surface area (Å²) >= 11 is 1.74. The van der Waals surface area contributed by atoms with Crippen LogP contribution in [0.2, 0.25) is 0 Å². The van der Waals surface area contributed by atoms with E-state index in [2.05, 4.69) is 22.4 Å². The molecule has 1 heterocycles. The molecule has 18 heavy (non-hydrogen) atoms. The van der Waals surface area contributed by atoms with Crippen molar-refractivity contribution < 1.29 is 4.39 Å². The summed E-state index contributed by atoms with van der Waals surface area (Å²) in [5.74, 6) is 0.545. The number of pyridine rings is 1. The van der Waals surface area contributed by atoms with Gasteiger partial charge in [0.15, 0.2) is 0 Å². The standard InChI is InChI=1S/C14H15FN2S/c1-16-14(11-7-12(15)9-17-8-11)10-18-13-5-3-2-4-6-13/h2-9,14,16H,10H2,1H3. The van der Waals surface area contributed by atoms with Gasteiger partial charge in [-0.25, -0.2) is 4.39 Å². The molecule has 4 heteroatoms. The summed E-state index contributed by atoms with van der Waals surface area (Å²) in [7, 11) is 1.88. The van der Waals surface area contributed by atoms with Crippen LogP contribution in [-0.4, -0.2) is 17.8 Å². The maximum Gasteiger partial charge on any atom is 0.141 e. The number of halogens is 1. The van der Waals surface area contributed by atoms with Crippen molar-refractivity contribution in [3.05, 3.63) is 60.2 Å². The van der Waals surface area contributed by atoms with Gasteiger partial charge in [0.05, 0.1) is 6.20 Å². The van der Waals surface area contributed by atoms with Gasteiger partial charge in [-0.3, -0.25) is 4.98 Å². The van der Waals surface area contributed by atoms with Crippen molar-refractivity contribution >= 4 is 11.8 Å². The van der Waals surface area contributed by atoms with Gasteiger partial charge in [0.25, 0.3) is 0 Å². The Morgan fingerprint density at radius 2 is 2.06 bits per heavy atom. The molecule has 0 aliphatic rings. The normalized spacial score (nSPS) is 12.3. The summed E-state index contributed by atoms with van der Waals surface area (Å²) in [5, 5.41) is 3.19. The molecule has 0 bridgehead atoms. The Balaban J connectivity index is 2.02. The van der Waals surface area contributed by atoms with Crippen molar-refractivity contribution in [2.75, 3.05) is 12.8 Å². The van der Waals surface area contributed by atoms with Crippen LogP contribution in [-0.2, 0) is 0 Å². The van der Waals surface area contributed by atoms with Crippen molar-refractivity contribution in [1.82, 2.24) is 10.3 Å². The molecule has 1 N–H and O–H groups in total. The summed E-state index contributed by atoms with van der Waals surface area (Å²) in [5.41, 5.74) is 0.876. The van der Waals surface area contributed by atoms with Crippen LogP contribution in [0.4, 0.5) is 4.39 Å². The lowest BCUT2D eigenvalue weighted by atomic mass is 10.1. The Hall–Kier alpha value is -1.39. The minimum absolute atomic E-state index is 0.0957. The van der Waals surface area contributed by atoms with Crippen molar-refractivity contribution in [3.63, 3.8) is 0 Å². The molecule has 0 aliphatic heterocycles. The number of hydrogen-bond acceptors (Lipinski definition) is 3. The molecule has 0 amide bonds. The zero-order valence-corrected chi connectivity index (χ0v) is 11.0. The van der Waals surface area contributed by atoms with Gasteiger partial charge >= 0.3 is 0 Å². The maximum absolute atomic E-state index is 13.1. The average molecular weight is 262 g/mol. The van der Waals surface area contributed by atoms with E-state index in [4.69, 9.17) is 0 Å². The van der Waals surface area contributed by atoms with Gasteiger partial charge in [-0.2, -0.15) is 0 Å². The Bertz CT molecular complexity index is 490. The minimum atomic E-state index is -0.294. The minimum Gasteiger partial charge on any atom is -0.312 e. The molecular formula is C14H15FN2S. The molecule has 0 aliphatic carbocycles. The molecule has 0 spiro atoms. The first kappa shape index (κ1) is 13.1. The first-order valence-corrected chi connectivity index (χ1v) is 6.73. The Kier molecular flexibility index (Phi) is 4.73. The molecule has 1 unspecified atom stereocenters. The number of nitrogens with one attached hydrogen (secondary N) is 1. The molecule has 1 aromatic carbocycles. The van der Waals surface area contributed by atoms with Crippen LogP contribution in [0.25, 0.3) is 0 Å². The highest BCUT2D eigenvalue weighted by atomic mass is 32.2. The van der Waals surface area contributed by atoms with Crippen molar-refractivity contribution in [1.29, 1.82) is 0 Å². The lowest BCUT2D eigenvalue weighted by Crippen LogP contribution is -2.19. The predicted molar refractivity (Wildman–Crippen MR) is 73.2 cm³/mol. The van der Waals surface area contributed by atoms with Gasteiger partial charge in [0.2, 0.25) is 0 Å². The summed E-state index contributed by atoms with van der Waals surface area (Å²) < 4.78 is 13.1. The molecule has 0 fully saturated rings. The summed E-state index contributed by atoms with van der Waals surface area (Å²) in [6, 6.07) is 11.8. The van der Waals surface area contributed by atoms with Crippen molar-refractivity contribution in [2.24, 2.45) is 0 Å². The first-order chi connectivity index (χ1) is 8.79. The fraction of sp³-hybridized carbons (Fsp3) is 0.214. The van der Waals surface area contributed by atoms with Crippen molar-refractivity contribution in [2.45, 2.75) is 10.9 Å². The van der Waals surface area contributed by atoms with Gasteiger partial charge in [0, 0.05) is 22.9 Å². The Morgan fingerprint density at radius 3 is 2.72 bits per heavy atom. The molecule has 0 saturated heterocycles. The van der Waals surface area contributed by atoms with E-state index in [-0.39, 0.29) is 11.9 Å². The van der Waals surface area contributed by atoms with Gasteiger partial charge < -0.3 is 5.32 Å². The second-order valence-electron chi connectivity index (χ2n) is 3.90. The van der Waals surface area contributed by atoms with Crippen LogP contribution < -0.4 is 5.32 Å². The fourth-order valence-electron chi connectivity index (χ4n) is 1.66. The van der Waals surface area contributed by atoms with Gasteiger partial charge in [-0.05, 0) is 30.8 Å². The monoisotopic (exact) mass is 262 g/mol. The van der Waals surface area contributed by atoms with E-state index < -0.39 is 0 Å². The molecule has 0 saturated carbocycles. The summed E-state index contributed by atoms with van der Waals surface area (Å²) in [6.07, 6.45) is 2.93. The third-order valence-corrected chi connectivity index (χ3v) is 3.74. The third kappa shape index (κ3) is 3.55. The first-order valence-electron chi connectivity index (χ1n) is 5.75. The van der Waals surface area contributed by atoms with Crippen LogP contribution in [0, 0.1) is 5.82 Å². The molecule has 2 aromatic rings. The van der Waals surface area contributed by atoms with Gasteiger partial charge in [0.1, 0.15) is 5.82 Å². The lowest BCUT2D eigenvalue weighted by Gasteiger charge is -2.15. The smallest absolute Gasteiger partial charge is 0.141 e. The van der Waals surface area contributed by atoms with E-state index in [1.165, 1.54) is 17.2 Å². The molecule has 0 radical (unpaired) electrons. The number of benzene rings is 1. The largest absolute Gasteiger partial charge is 0.312 e. The Morgan fingerprint density at radius 1 is 1.28 bits per heavy atom. The average Bonchev–Trinajstić information content (AvgIpc) is 2.41. The molecule has 2 nitrogen and oxygen atoms in total. The molecule has 1 aromatic heterocycles. The maximum atomic E-state index is 13.1. The quantitative estimate of drug-likeness (QED) is 0.837. The summed E-state index contributed by atoms with van der Waals surface area (Å²) in [6.45, 7) is 0. The molecule has 1 atom stereocenters. The van der Waals surface area contributed by atoms with Gasteiger partial charge in [-0.15, -0.1) is 11.8 Å². The van der Waals surface area contributed by atoms with Crippen LogP contribution in [0.3, 0.4) is 0 Å². The van der Waals surface area contributed by atoms with E-state index in [0.717, 1.165) is 11.3 Å². The molecule has 2 rings (SSSR count). The topological polar surface area (TPSA) is 24.9 Å². The van der Waals surface area contributed by atoms with E-state index >= 15 is 0 Å². The molecule has 94 valence electrons. The van der Waals surface area contributed by atoms with E-state index in [1.54, 1.807) is 18.0 Å². The highest BCUT2D eigenvalue weighted by Crippen LogP contribution is 2.24. The van der Waals surface area contributed by atoms with E-state index in [0.29, 0.717) is 0 Å². The van der Waals surface area contributed by atoms with Crippen LogP contribution >= 0.6 is 11.8 Å². The van der Waals surface area contributed by atoms with Crippen LogP contribution in [0.1, 0.15) is 11.6 Å². The fourth-order valence-corrected chi connectivity index (χ4v) is 2.73. The Labute approximate surface area is 111 Å². The predicted octanol–water partition coefficient (Wildman–Crippen LogP) is 3.27. The zero-order valence-electron chi connectivity index (χ0n) is 10.1. The number of aromatic nitrogens is 1. The second kappa shape index (κ2) is 6.52. The third-order valence-electron chi connectivity index (χ3n) is 2.64. The highest BCUT2D eigenvalue weighted by molar-refractivity contribution is 7.99. The summed E-state index contributed by atoms with van der Waals surface area (Å²) in [4.78, 5) is 5.09. The van der Waals surface area contributed by atoms with Crippen LogP contribution in [0.5, 0.6) is 0 Å². The van der Waals surface area contributed by atoms with Crippen molar-refractivity contribution in [3.8, 4) is 0 Å². The number of nitrogens with zero attached hydrogens (tertiary/aromatic N) is 1. The number of rotatable bonds is 5. The van der Waals surface area contributed by atoms with E-state index in [1.807, 2.05) is 25.2 Å². The SMILES string of the molecule is CNC(CSc1ccccc1)c1cncc(F)c1. The number of thioether (sulfide) groups is 1. The zero-order chi connectivity index (χ0) is 12.8. The highest BCUT2D eigenvalue weighted by Gasteiger charge is 2.10. The van der Waals surface area contributed by atoms with Gasteiger partial charge in [-0.1, -0.05) is 18.2 Å². The van der Waals surface area contributed by atoms with E-state index in [9.17, 15) is 4.39 Å². The second-order valence-corrected chi connectivity index (χ2v) is 5.00. The lowest BCUT2D eigenvalue weighted by molar-refractivity contribution is 0.603. The number of hydrogen-bond donors (Lipinski definition) is 1. The molecular weight excluding hydrogens is 247 g/mol. The van der Waals surface area contributed by atoms with Crippen LogP contribution in [0.15, 0.2) is 53.7 Å².